The van der Waals surface area contributed by atoms with Crippen LogP contribution in [0.2, 0.25) is 0 Å². The van der Waals surface area contributed by atoms with E-state index >= 15 is 0 Å². The molecule has 5 heteroatoms. The molecule has 2 heterocycles. The second kappa shape index (κ2) is 8.43. The van der Waals surface area contributed by atoms with E-state index in [0.717, 1.165) is 71.1 Å². The molecule has 0 aromatic heterocycles. The largest absolute Gasteiger partial charge is 0.379 e. The maximum atomic E-state index is 12.4. The lowest BCUT2D eigenvalue weighted by atomic mass is 10.2. The number of carbonyl (C=O) groups excluding carboxylic acids is 1. The van der Waals surface area contributed by atoms with Gasteiger partial charge in [-0.15, -0.1) is 0 Å². The summed E-state index contributed by atoms with van der Waals surface area (Å²) >= 11 is 0. The third kappa shape index (κ3) is 4.77. The molecule has 5 nitrogen and oxygen atoms in total. The highest BCUT2D eigenvalue weighted by Crippen LogP contribution is 2.09. The quantitative estimate of drug-likeness (QED) is 0.817. The molecule has 126 valence electrons. The van der Waals surface area contributed by atoms with Crippen molar-refractivity contribution in [2.45, 2.75) is 6.42 Å². The van der Waals surface area contributed by atoms with Gasteiger partial charge in [0.25, 0.3) is 5.91 Å². The minimum atomic E-state index is 0.165. The van der Waals surface area contributed by atoms with Gasteiger partial charge in [-0.2, -0.15) is 0 Å². The number of amides is 1. The lowest BCUT2D eigenvalue weighted by Crippen LogP contribution is -2.49. The Morgan fingerprint density at radius 2 is 1.48 bits per heavy atom. The number of rotatable bonds is 5. The van der Waals surface area contributed by atoms with Crippen LogP contribution in [0.15, 0.2) is 30.3 Å². The molecule has 0 unspecified atom stereocenters. The van der Waals surface area contributed by atoms with E-state index in [1.54, 1.807) is 0 Å². The van der Waals surface area contributed by atoms with E-state index < -0.39 is 0 Å². The Bertz CT molecular complexity index is 480. The monoisotopic (exact) mass is 317 g/mol. The van der Waals surface area contributed by atoms with Gasteiger partial charge in [0.1, 0.15) is 0 Å². The summed E-state index contributed by atoms with van der Waals surface area (Å²) in [6, 6.07) is 9.60. The van der Waals surface area contributed by atoms with Crippen molar-refractivity contribution < 1.29 is 9.53 Å². The number of piperazine rings is 1. The van der Waals surface area contributed by atoms with Crippen LogP contribution >= 0.6 is 0 Å². The van der Waals surface area contributed by atoms with Gasteiger partial charge < -0.3 is 9.64 Å². The number of benzene rings is 1. The van der Waals surface area contributed by atoms with Crippen LogP contribution in [0.1, 0.15) is 16.8 Å². The first-order valence-corrected chi connectivity index (χ1v) is 8.70. The van der Waals surface area contributed by atoms with Crippen LogP contribution in [0.3, 0.4) is 0 Å². The molecule has 2 aliphatic rings. The lowest BCUT2D eigenvalue weighted by molar-refractivity contribution is 0.0349. The third-order valence-electron chi connectivity index (χ3n) is 4.73. The zero-order chi connectivity index (χ0) is 15.9. The fourth-order valence-corrected chi connectivity index (χ4v) is 3.28. The van der Waals surface area contributed by atoms with E-state index in [1.807, 2.05) is 35.2 Å². The van der Waals surface area contributed by atoms with E-state index in [-0.39, 0.29) is 5.91 Å². The van der Waals surface area contributed by atoms with Crippen molar-refractivity contribution in [1.82, 2.24) is 14.7 Å². The Morgan fingerprint density at radius 3 is 2.13 bits per heavy atom. The summed E-state index contributed by atoms with van der Waals surface area (Å²) in [4.78, 5) is 19.4. The van der Waals surface area contributed by atoms with Crippen LogP contribution in [0.5, 0.6) is 0 Å². The van der Waals surface area contributed by atoms with Crippen LogP contribution in [0, 0.1) is 0 Å². The summed E-state index contributed by atoms with van der Waals surface area (Å²) in [5.41, 5.74) is 0.799. The molecule has 0 spiro atoms. The van der Waals surface area contributed by atoms with Crippen molar-refractivity contribution in [2.75, 3.05) is 65.6 Å². The Labute approximate surface area is 138 Å². The average molecular weight is 317 g/mol. The average Bonchev–Trinajstić information content (AvgIpc) is 2.63. The van der Waals surface area contributed by atoms with Gasteiger partial charge in [0, 0.05) is 44.8 Å². The summed E-state index contributed by atoms with van der Waals surface area (Å²) in [6.07, 6.45) is 1.20. The Morgan fingerprint density at radius 1 is 0.870 bits per heavy atom. The molecular formula is C18H27N3O2. The van der Waals surface area contributed by atoms with Gasteiger partial charge in [0.05, 0.1) is 13.2 Å². The van der Waals surface area contributed by atoms with Crippen molar-refractivity contribution in [2.24, 2.45) is 0 Å². The van der Waals surface area contributed by atoms with Gasteiger partial charge in [-0.1, -0.05) is 18.2 Å². The van der Waals surface area contributed by atoms with Crippen molar-refractivity contribution in [3.63, 3.8) is 0 Å². The van der Waals surface area contributed by atoms with Crippen LogP contribution in [-0.2, 0) is 4.74 Å². The Hall–Kier alpha value is -1.43. The molecule has 2 aliphatic heterocycles. The highest BCUT2D eigenvalue weighted by Gasteiger charge is 2.21. The fourth-order valence-electron chi connectivity index (χ4n) is 3.28. The SMILES string of the molecule is O=C(c1ccccc1)N1CCN(CCCN2CCOCC2)CC1. The van der Waals surface area contributed by atoms with E-state index in [9.17, 15) is 4.79 Å². The molecule has 3 rings (SSSR count). The van der Waals surface area contributed by atoms with Crippen molar-refractivity contribution in [3.8, 4) is 0 Å². The molecule has 2 fully saturated rings. The predicted octanol–water partition coefficient (Wildman–Crippen LogP) is 1.17. The minimum Gasteiger partial charge on any atom is -0.379 e. The van der Waals surface area contributed by atoms with Gasteiger partial charge in [-0.25, -0.2) is 0 Å². The molecule has 1 aromatic carbocycles. The topological polar surface area (TPSA) is 36.0 Å². The summed E-state index contributed by atoms with van der Waals surface area (Å²) in [7, 11) is 0. The zero-order valence-corrected chi connectivity index (χ0v) is 13.8. The highest BCUT2D eigenvalue weighted by atomic mass is 16.5. The first-order valence-electron chi connectivity index (χ1n) is 8.70. The normalized spacial score (nSPS) is 20.6. The van der Waals surface area contributed by atoms with Gasteiger partial charge >= 0.3 is 0 Å². The van der Waals surface area contributed by atoms with Gasteiger partial charge in [0.15, 0.2) is 0 Å². The molecule has 0 atom stereocenters. The molecule has 2 saturated heterocycles. The van der Waals surface area contributed by atoms with E-state index in [1.165, 1.54) is 6.42 Å². The van der Waals surface area contributed by atoms with Crippen LogP contribution in [0.4, 0.5) is 0 Å². The van der Waals surface area contributed by atoms with Crippen LogP contribution in [-0.4, -0.2) is 86.2 Å². The Kier molecular flexibility index (Phi) is 6.02. The Balaban J connectivity index is 1.36. The molecule has 0 saturated carbocycles. The second-order valence-corrected chi connectivity index (χ2v) is 6.31. The van der Waals surface area contributed by atoms with Gasteiger partial charge in [0.2, 0.25) is 0 Å². The third-order valence-corrected chi connectivity index (χ3v) is 4.73. The standard InChI is InChI=1S/C18H27N3O2/c22-18(17-5-2-1-3-6-17)21-11-9-19(10-12-21)7-4-8-20-13-15-23-16-14-20/h1-3,5-6H,4,7-16H2. The van der Waals surface area contributed by atoms with E-state index in [2.05, 4.69) is 9.80 Å². The van der Waals surface area contributed by atoms with Crippen LogP contribution < -0.4 is 0 Å². The van der Waals surface area contributed by atoms with Gasteiger partial charge in [-0.3, -0.25) is 14.6 Å². The first kappa shape index (κ1) is 16.4. The molecule has 1 amide bonds. The summed E-state index contributed by atoms with van der Waals surface area (Å²) in [5, 5.41) is 0. The zero-order valence-electron chi connectivity index (χ0n) is 13.8. The van der Waals surface area contributed by atoms with Gasteiger partial charge in [-0.05, 0) is 31.6 Å². The fraction of sp³-hybridized carbons (Fsp3) is 0.611. The van der Waals surface area contributed by atoms with E-state index in [4.69, 9.17) is 4.74 Å². The predicted molar refractivity (Wildman–Crippen MR) is 90.7 cm³/mol. The first-order chi connectivity index (χ1) is 11.3. The molecule has 0 aliphatic carbocycles. The summed E-state index contributed by atoms with van der Waals surface area (Å²) in [5.74, 6) is 0.165. The van der Waals surface area contributed by atoms with Crippen molar-refractivity contribution >= 4 is 5.91 Å². The van der Waals surface area contributed by atoms with Crippen LogP contribution in [0.25, 0.3) is 0 Å². The minimum absolute atomic E-state index is 0.165. The number of nitrogens with zero attached hydrogens (tertiary/aromatic N) is 3. The molecular weight excluding hydrogens is 290 g/mol. The molecule has 23 heavy (non-hydrogen) atoms. The van der Waals surface area contributed by atoms with E-state index in [0.29, 0.717) is 0 Å². The number of hydrogen-bond donors (Lipinski definition) is 0. The highest BCUT2D eigenvalue weighted by molar-refractivity contribution is 5.94. The van der Waals surface area contributed by atoms with Crippen molar-refractivity contribution in [1.29, 1.82) is 0 Å². The molecule has 0 bridgehead atoms. The lowest BCUT2D eigenvalue weighted by Gasteiger charge is -2.35. The maximum absolute atomic E-state index is 12.4. The number of ether oxygens (including phenoxy) is 1. The maximum Gasteiger partial charge on any atom is 0.253 e. The summed E-state index contributed by atoms with van der Waals surface area (Å²) < 4.78 is 5.38. The smallest absolute Gasteiger partial charge is 0.253 e. The number of hydrogen-bond acceptors (Lipinski definition) is 4. The second-order valence-electron chi connectivity index (χ2n) is 6.31. The molecule has 0 N–H and O–H groups in total. The molecule has 1 aromatic rings. The molecule has 0 radical (unpaired) electrons. The van der Waals surface area contributed by atoms with Crippen molar-refractivity contribution in [3.05, 3.63) is 35.9 Å². The number of morpholine rings is 1. The number of carbonyl (C=O) groups is 1. The summed E-state index contributed by atoms with van der Waals surface area (Å²) in [6.45, 7) is 9.83.